The Morgan fingerprint density at radius 1 is 1.41 bits per heavy atom. The molecule has 0 aromatic heterocycles. The van der Waals surface area contributed by atoms with Crippen molar-refractivity contribution < 1.29 is 4.74 Å². The van der Waals surface area contributed by atoms with E-state index in [1.54, 1.807) is 7.11 Å². The molecular formula is C16H27IN4O. The Morgan fingerprint density at radius 2 is 2.14 bits per heavy atom. The minimum Gasteiger partial charge on any atom is -0.497 e. The van der Waals surface area contributed by atoms with E-state index >= 15 is 0 Å². The van der Waals surface area contributed by atoms with Gasteiger partial charge in [-0.25, -0.2) is 0 Å². The van der Waals surface area contributed by atoms with E-state index in [1.165, 1.54) is 18.4 Å². The highest BCUT2D eigenvalue weighted by molar-refractivity contribution is 14.0. The van der Waals surface area contributed by atoms with E-state index in [1.807, 2.05) is 19.1 Å². The predicted octanol–water partition coefficient (Wildman–Crippen LogP) is 2.37. The van der Waals surface area contributed by atoms with E-state index < -0.39 is 0 Å². The monoisotopic (exact) mass is 418 g/mol. The third-order valence-corrected chi connectivity index (χ3v) is 3.85. The highest BCUT2D eigenvalue weighted by Gasteiger charge is 2.23. The van der Waals surface area contributed by atoms with Gasteiger partial charge in [0.1, 0.15) is 5.75 Å². The summed E-state index contributed by atoms with van der Waals surface area (Å²) in [5.74, 6) is 1.41. The SMILES string of the molecule is CCNC(N)=NCC(c1cccc(OC)c1)N1CCCC1.I. The van der Waals surface area contributed by atoms with Crippen LogP contribution < -0.4 is 15.8 Å². The smallest absolute Gasteiger partial charge is 0.188 e. The molecule has 1 aromatic carbocycles. The summed E-state index contributed by atoms with van der Waals surface area (Å²) in [5.41, 5.74) is 7.10. The highest BCUT2D eigenvalue weighted by atomic mass is 127. The molecule has 1 fully saturated rings. The van der Waals surface area contributed by atoms with Crippen molar-refractivity contribution in [1.82, 2.24) is 10.2 Å². The fraction of sp³-hybridized carbons (Fsp3) is 0.562. The fourth-order valence-corrected chi connectivity index (χ4v) is 2.76. The molecule has 1 heterocycles. The Hall–Kier alpha value is -1.02. The first kappa shape index (κ1) is 19.0. The van der Waals surface area contributed by atoms with Crippen molar-refractivity contribution in [2.75, 3.05) is 33.3 Å². The number of rotatable bonds is 6. The number of aliphatic imine (C=N–C) groups is 1. The second-order valence-electron chi connectivity index (χ2n) is 5.29. The van der Waals surface area contributed by atoms with E-state index in [0.29, 0.717) is 12.5 Å². The topological polar surface area (TPSA) is 62.9 Å². The molecule has 1 aliphatic heterocycles. The summed E-state index contributed by atoms with van der Waals surface area (Å²) in [7, 11) is 1.70. The lowest BCUT2D eigenvalue weighted by Gasteiger charge is -2.27. The third kappa shape index (κ3) is 5.31. The molecule has 6 heteroatoms. The first-order valence-electron chi connectivity index (χ1n) is 7.66. The molecule has 3 N–H and O–H groups in total. The molecule has 124 valence electrons. The molecule has 5 nitrogen and oxygen atoms in total. The van der Waals surface area contributed by atoms with Crippen LogP contribution in [0.15, 0.2) is 29.3 Å². The summed E-state index contributed by atoms with van der Waals surface area (Å²) in [6.45, 7) is 5.73. The van der Waals surface area contributed by atoms with Crippen LogP contribution in [0.3, 0.4) is 0 Å². The molecule has 1 atom stereocenters. The number of hydrogen-bond donors (Lipinski definition) is 2. The molecule has 0 saturated carbocycles. The molecule has 0 radical (unpaired) electrons. The molecule has 1 aliphatic rings. The first-order chi connectivity index (χ1) is 10.2. The normalized spacial score (nSPS) is 16.9. The average molecular weight is 418 g/mol. The molecule has 1 aromatic rings. The quantitative estimate of drug-likeness (QED) is 0.423. The number of likely N-dealkylation sites (tertiary alicyclic amines) is 1. The largest absolute Gasteiger partial charge is 0.497 e. The van der Waals surface area contributed by atoms with Crippen LogP contribution in [0.25, 0.3) is 0 Å². The van der Waals surface area contributed by atoms with E-state index in [-0.39, 0.29) is 30.0 Å². The maximum Gasteiger partial charge on any atom is 0.188 e. The minimum atomic E-state index is 0. The molecule has 0 aliphatic carbocycles. The van der Waals surface area contributed by atoms with Gasteiger partial charge in [-0.2, -0.15) is 0 Å². The number of methoxy groups -OCH3 is 1. The van der Waals surface area contributed by atoms with Gasteiger partial charge in [0.2, 0.25) is 0 Å². The first-order valence-corrected chi connectivity index (χ1v) is 7.66. The maximum absolute atomic E-state index is 5.86. The fourth-order valence-electron chi connectivity index (χ4n) is 2.76. The lowest BCUT2D eigenvalue weighted by Crippen LogP contribution is -2.33. The van der Waals surface area contributed by atoms with Crippen LogP contribution in [0, 0.1) is 0 Å². The van der Waals surface area contributed by atoms with Crippen LogP contribution in [0.1, 0.15) is 31.4 Å². The molecule has 0 bridgehead atoms. The van der Waals surface area contributed by atoms with Gasteiger partial charge in [0.05, 0.1) is 19.7 Å². The second kappa shape index (κ2) is 9.89. The summed E-state index contributed by atoms with van der Waals surface area (Å²) in [4.78, 5) is 6.98. The molecular weight excluding hydrogens is 391 g/mol. The molecule has 22 heavy (non-hydrogen) atoms. The van der Waals surface area contributed by atoms with E-state index in [4.69, 9.17) is 10.5 Å². The van der Waals surface area contributed by atoms with Gasteiger partial charge in [-0.3, -0.25) is 9.89 Å². The lowest BCUT2D eigenvalue weighted by molar-refractivity contribution is 0.251. The van der Waals surface area contributed by atoms with Crippen molar-refractivity contribution in [2.45, 2.75) is 25.8 Å². The zero-order valence-electron chi connectivity index (χ0n) is 13.4. The summed E-state index contributed by atoms with van der Waals surface area (Å²) in [6, 6.07) is 8.52. The standard InChI is InChI=1S/C16H26N4O.HI/c1-3-18-16(17)19-12-15(20-9-4-5-10-20)13-7-6-8-14(11-13)21-2;/h6-8,11,15H,3-5,9-10,12H2,1-2H3,(H3,17,18,19);1H. The third-order valence-electron chi connectivity index (χ3n) is 3.85. The van der Waals surface area contributed by atoms with Crippen molar-refractivity contribution in [2.24, 2.45) is 10.7 Å². The number of hydrogen-bond acceptors (Lipinski definition) is 3. The van der Waals surface area contributed by atoms with E-state index in [2.05, 4.69) is 27.3 Å². The number of guanidine groups is 1. The number of nitrogens with one attached hydrogen (secondary N) is 1. The Morgan fingerprint density at radius 3 is 2.77 bits per heavy atom. The highest BCUT2D eigenvalue weighted by Crippen LogP contribution is 2.27. The van der Waals surface area contributed by atoms with Gasteiger partial charge in [0, 0.05) is 6.54 Å². The van der Waals surface area contributed by atoms with Crippen molar-refractivity contribution in [3.05, 3.63) is 29.8 Å². The number of ether oxygens (including phenoxy) is 1. The average Bonchev–Trinajstić information content (AvgIpc) is 3.02. The van der Waals surface area contributed by atoms with Crippen LogP contribution in [0.5, 0.6) is 5.75 Å². The number of halogens is 1. The lowest BCUT2D eigenvalue weighted by atomic mass is 10.1. The van der Waals surface area contributed by atoms with Crippen LogP contribution in [-0.2, 0) is 0 Å². The Bertz CT molecular complexity index is 475. The van der Waals surface area contributed by atoms with Crippen molar-refractivity contribution >= 4 is 29.9 Å². The summed E-state index contributed by atoms with van der Waals surface area (Å²) < 4.78 is 5.34. The van der Waals surface area contributed by atoms with Crippen molar-refractivity contribution in [1.29, 1.82) is 0 Å². The molecule has 0 spiro atoms. The van der Waals surface area contributed by atoms with Gasteiger partial charge in [-0.1, -0.05) is 12.1 Å². The second-order valence-corrected chi connectivity index (χ2v) is 5.29. The van der Waals surface area contributed by atoms with Crippen LogP contribution in [0.2, 0.25) is 0 Å². The minimum absolute atomic E-state index is 0. The van der Waals surface area contributed by atoms with Crippen LogP contribution in [-0.4, -0.2) is 44.1 Å². The molecule has 0 amide bonds. The zero-order valence-corrected chi connectivity index (χ0v) is 15.7. The van der Waals surface area contributed by atoms with E-state index in [9.17, 15) is 0 Å². The van der Waals surface area contributed by atoms with E-state index in [0.717, 1.165) is 25.4 Å². The van der Waals surface area contributed by atoms with Crippen LogP contribution >= 0.6 is 24.0 Å². The zero-order chi connectivity index (χ0) is 15.1. The van der Waals surface area contributed by atoms with Crippen LogP contribution in [0.4, 0.5) is 0 Å². The van der Waals surface area contributed by atoms with Gasteiger partial charge in [-0.15, -0.1) is 24.0 Å². The Labute approximate surface area is 150 Å². The van der Waals surface area contributed by atoms with Gasteiger partial charge < -0.3 is 15.8 Å². The molecule has 1 unspecified atom stereocenters. The Kier molecular flexibility index (Phi) is 8.55. The van der Waals surface area contributed by atoms with Gasteiger partial charge in [-0.05, 0) is 50.6 Å². The van der Waals surface area contributed by atoms with Gasteiger partial charge >= 0.3 is 0 Å². The summed E-state index contributed by atoms with van der Waals surface area (Å²) in [5, 5.41) is 3.05. The van der Waals surface area contributed by atoms with Gasteiger partial charge in [0.25, 0.3) is 0 Å². The predicted molar refractivity (Wildman–Crippen MR) is 102 cm³/mol. The summed E-state index contributed by atoms with van der Waals surface area (Å²) >= 11 is 0. The molecule has 2 rings (SSSR count). The van der Waals surface area contributed by atoms with Crippen molar-refractivity contribution in [3.8, 4) is 5.75 Å². The summed E-state index contributed by atoms with van der Waals surface area (Å²) in [6.07, 6.45) is 2.51. The maximum atomic E-state index is 5.86. The Balaban J connectivity index is 0.00000242. The van der Waals surface area contributed by atoms with Crippen molar-refractivity contribution in [3.63, 3.8) is 0 Å². The number of benzene rings is 1. The number of nitrogens with zero attached hydrogens (tertiary/aromatic N) is 2. The molecule has 1 saturated heterocycles. The number of nitrogens with two attached hydrogens (primary N) is 1. The van der Waals surface area contributed by atoms with Gasteiger partial charge in [0.15, 0.2) is 5.96 Å².